The lowest BCUT2D eigenvalue weighted by molar-refractivity contribution is -0.142. The molecule has 0 bridgehead atoms. The van der Waals surface area contributed by atoms with Gasteiger partial charge in [0.2, 0.25) is 5.91 Å². The lowest BCUT2D eigenvalue weighted by Crippen LogP contribution is -2.52. The molecule has 0 saturated heterocycles. The quantitative estimate of drug-likeness (QED) is 0.256. The van der Waals surface area contributed by atoms with Crippen LogP contribution in [0.1, 0.15) is 43.5 Å². The minimum Gasteiger partial charge on any atom is -0.508 e. The summed E-state index contributed by atoms with van der Waals surface area (Å²) in [5.41, 5.74) is 0.576. The van der Waals surface area contributed by atoms with Crippen LogP contribution >= 0.6 is 0 Å². The number of benzene rings is 2. The molecule has 0 radical (unpaired) electrons. The minimum atomic E-state index is -1.39. The lowest BCUT2D eigenvalue weighted by Gasteiger charge is -2.30. The highest BCUT2D eigenvalue weighted by Gasteiger charge is 2.36. The van der Waals surface area contributed by atoms with Gasteiger partial charge in [-0.05, 0) is 56.2 Å². The Morgan fingerprint density at radius 3 is 2.15 bits per heavy atom. The van der Waals surface area contributed by atoms with Crippen molar-refractivity contribution >= 4 is 23.9 Å². The van der Waals surface area contributed by atoms with Crippen LogP contribution in [0.5, 0.6) is 5.75 Å². The zero-order chi connectivity index (χ0) is 29.2. The Balaban J connectivity index is 2.49. The Hall–Kier alpha value is -4.96. The maximum atomic E-state index is 13.8. The number of esters is 1. The SMILES string of the molecule is C#Cc1ccc(C(C(=O)NCC(=O)OC)N(C#C)C(=O)C(Cc2ccc(O)cc2)NC(=O)OC(C)(C)C)cc1. The summed E-state index contributed by atoms with van der Waals surface area (Å²) in [5, 5.41) is 14.6. The Kier molecular flexibility index (Phi) is 10.5. The average Bonchev–Trinajstić information content (AvgIpc) is 2.89. The average molecular weight is 534 g/mol. The van der Waals surface area contributed by atoms with Gasteiger partial charge in [-0.1, -0.05) is 36.6 Å². The summed E-state index contributed by atoms with van der Waals surface area (Å²) < 4.78 is 9.89. The highest BCUT2D eigenvalue weighted by Crippen LogP contribution is 2.23. The van der Waals surface area contributed by atoms with Crippen LogP contribution in [0.4, 0.5) is 4.79 Å². The van der Waals surface area contributed by atoms with Gasteiger partial charge in [-0.2, -0.15) is 0 Å². The summed E-state index contributed by atoms with van der Waals surface area (Å²) in [6.07, 6.45) is 10.3. The number of amides is 3. The number of hydrogen-bond acceptors (Lipinski definition) is 7. The molecule has 39 heavy (non-hydrogen) atoms. The molecule has 3 amide bonds. The zero-order valence-corrected chi connectivity index (χ0v) is 22.2. The second kappa shape index (κ2) is 13.5. The van der Waals surface area contributed by atoms with Crippen molar-refractivity contribution in [2.45, 2.75) is 44.9 Å². The smallest absolute Gasteiger partial charge is 0.408 e. The molecule has 2 aromatic carbocycles. The van der Waals surface area contributed by atoms with E-state index in [1.807, 2.05) is 0 Å². The monoisotopic (exact) mass is 533 g/mol. The number of aromatic hydroxyl groups is 1. The molecule has 0 aliphatic carbocycles. The number of carbonyl (C=O) groups is 4. The largest absolute Gasteiger partial charge is 0.508 e. The van der Waals surface area contributed by atoms with E-state index in [4.69, 9.17) is 17.6 Å². The number of alkyl carbamates (subject to hydrolysis) is 1. The van der Waals surface area contributed by atoms with E-state index >= 15 is 0 Å². The van der Waals surface area contributed by atoms with E-state index in [1.54, 1.807) is 45.0 Å². The number of hydrogen-bond donors (Lipinski definition) is 3. The fraction of sp³-hybridized carbons (Fsp3) is 0.310. The van der Waals surface area contributed by atoms with Crippen molar-refractivity contribution in [3.05, 3.63) is 65.2 Å². The highest BCUT2D eigenvalue weighted by atomic mass is 16.6. The maximum absolute atomic E-state index is 13.8. The number of phenolic OH excluding ortho intramolecular Hbond substituents is 1. The van der Waals surface area contributed by atoms with Crippen LogP contribution in [0.25, 0.3) is 0 Å². The summed E-state index contributed by atoms with van der Waals surface area (Å²) in [4.78, 5) is 52.2. The third kappa shape index (κ3) is 9.13. The topological polar surface area (TPSA) is 134 Å². The van der Waals surface area contributed by atoms with Gasteiger partial charge in [0.25, 0.3) is 5.91 Å². The molecule has 0 saturated carbocycles. The van der Waals surface area contributed by atoms with E-state index < -0.39 is 48.1 Å². The van der Waals surface area contributed by atoms with Crippen LogP contribution in [0.3, 0.4) is 0 Å². The van der Waals surface area contributed by atoms with Gasteiger partial charge in [0.15, 0.2) is 0 Å². The lowest BCUT2D eigenvalue weighted by atomic mass is 10.00. The number of nitrogens with one attached hydrogen (secondary N) is 2. The van der Waals surface area contributed by atoms with E-state index in [0.29, 0.717) is 16.7 Å². The summed E-state index contributed by atoms with van der Waals surface area (Å²) >= 11 is 0. The molecule has 2 aromatic rings. The van der Waals surface area contributed by atoms with Crippen LogP contribution < -0.4 is 10.6 Å². The van der Waals surface area contributed by atoms with E-state index in [1.165, 1.54) is 24.3 Å². The second-order valence-electron chi connectivity index (χ2n) is 9.37. The number of terminal acetylenes is 2. The Labute approximate surface area is 227 Å². The molecule has 0 fully saturated rings. The molecule has 204 valence electrons. The van der Waals surface area contributed by atoms with E-state index in [0.717, 1.165) is 12.0 Å². The van der Waals surface area contributed by atoms with Gasteiger partial charge in [-0.25, -0.2) is 4.79 Å². The molecular weight excluding hydrogens is 502 g/mol. The first kappa shape index (κ1) is 30.3. The number of carbonyl (C=O) groups excluding carboxylic acids is 4. The summed E-state index contributed by atoms with van der Waals surface area (Å²) in [5.74, 6) is 0.215. The first-order valence-corrected chi connectivity index (χ1v) is 11.9. The summed E-state index contributed by atoms with van der Waals surface area (Å²) in [6.45, 7) is 4.53. The fourth-order valence-corrected chi connectivity index (χ4v) is 3.46. The third-order valence-corrected chi connectivity index (χ3v) is 5.28. The number of ether oxygens (including phenoxy) is 2. The van der Waals surface area contributed by atoms with Gasteiger partial charge < -0.3 is 25.2 Å². The van der Waals surface area contributed by atoms with E-state index in [2.05, 4.69) is 27.3 Å². The number of rotatable bonds is 9. The summed E-state index contributed by atoms with van der Waals surface area (Å²) in [7, 11) is 1.16. The van der Waals surface area contributed by atoms with Crippen molar-refractivity contribution < 1.29 is 33.8 Å². The van der Waals surface area contributed by atoms with E-state index in [-0.39, 0.29) is 12.2 Å². The van der Waals surface area contributed by atoms with Gasteiger partial charge >= 0.3 is 12.1 Å². The van der Waals surface area contributed by atoms with Crippen LogP contribution in [0.2, 0.25) is 0 Å². The Morgan fingerprint density at radius 1 is 1.03 bits per heavy atom. The number of methoxy groups -OCH3 is 1. The standard InChI is InChI=1S/C29H31N3O7/c1-7-19-9-13-21(14-10-19)25(26(35)30-18-24(34)38-6)32(8-2)27(36)23(31-28(37)39-29(3,4)5)17-20-11-15-22(33)16-12-20/h1-2,9-16,23,25,33H,17-18H2,3-6H3,(H,30,35)(H,31,37). The Bertz CT molecular complexity index is 1270. The predicted octanol–water partition coefficient (Wildman–Crippen LogP) is 2.26. The van der Waals surface area contributed by atoms with Gasteiger partial charge in [0.05, 0.1) is 7.11 Å². The maximum Gasteiger partial charge on any atom is 0.408 e. The van der Waals surface area contributed by atoms with Crippen molar-refractivity contribution in [3.63, 3.8) is 0 Å². The van der Waals surface area contributed by atoms with E-state index in [9.17, 15) is 24.3 Å². The predicted molar refractivity (Wildman–Crippen MR) is 143 cm³/mol. The number of nitrogens with zero attached hydrogens (tertiary/aromatic N) is 1. The van der Waals surface area contributed by atoms with Crippen LogP contribution in [-0.4, -0.2) is 59.2 Å². The van der Waals surface area contributed by atoms with Gasteiger partial charge in [0.1, 0.15) is 30.0 Å². The molecule has 3 N–H and O–H groups in total. The number of phenols is 1. The first-order valence-electron chi connectivity index (χ1n) is 11.9. The Morgan fingerprint density at radius 2 is 1.64 bits per heavy atom. The normalized spacial score (nSPS) is 12.1. The van der Waals surface area contributed by atoms with Crippen LogP contribution in [0.15, 0.2) is 48.5 Å². The minimum absolute atomic E-state index is 0.0183. The molecule has 0 heterocycles. The zero-order valence-electron chi connectivity index (χ0n) is 22.2. The van der Waals surface area contributed by atoms with Gasteiger partial charge in [-0.15, -0.1) is 6.42 Å². The highest BCUT2D eigenvalue weighted by molar-refractivity contribution is 5.94. The molecule has 0 aliphatic heterocycles. The molecule has 2 unspecified atom stereocenters. The van der Waals surface area contributed by atoms with Crippen molar-refractivity contribution in [1.82, 2.24) is 15.5 Å². The molecule has 10 nitrogen and oxygen atoms in total. The fourth-order valence-electron chi connectivity index (χ4n) is 3.46. The van der Waals surface area contributed by atoms with Gasteiger partial charge in [-0.3, -0.25) is 19.3 Å². The molecular formula is C29H31N3O7. The molecule has 0 aromatic heterocycles. The first-order chi connectivity index (χ1) is 18.4. The van der Waals surface area contributed by atoms with Crippen molar-refractivity contribution in [2.75, 3.05) is 13.7 Å². The van der Waals surface area contributed by atoms with Crippen molar-refractivity contribution in [2.24, 2.45) is 0 Å². The molecule has 10 heteroatoms. The summed E-state index contributed by atoms with van der Waals surface area (Å²) in [6, 6.07) is 11.8. The van der Waals surface area contributed by atoms with Crippen molar-refractivity contribution in [1.29, 1.82) is 0 Å². The van der Waals surface area contributed by atoms with Crippen molar-refractivity contribution in [3.8, 4) is 30.6 Å². The molecule has 0 aliphatic rings. The molecule has 2 atom stereocenters. The van der Waals surface area contributed by atoms with Gasteiger partial charge in [0, 0.05) is 18.0 Å². The van der Waals surface area contributed by atoms with Crippen LogP contribution in [0, 0.1) is 24.8 Å². The second-order valence-corrected chi connectivity index (χ2v) is 9.37. The molecule has 0 spiro atoms. The van der Waals surface area contributed by atoms with Crippen LogP contribution in [-0.2, 0) is 30.3 Å². The molecule has 2 rings (SSSR count). The third-order valence-electron chi connectivity index (χ3n) is 5.28.